The number of rotatable bonds is 2. The van der Waals surface area contributed by atoms with Crippen LogP contribution in [0.5, 0.6) is 0 Å². The molecule has 1 saturated heterocycles. The van der Waals surface area contributed by atoms with Gasteiger partial charge in [-0.05, 0) is 74.3 Å². The number of likely N-dealkylation sites (tertiary alicyclic amines) is 1. The maximum Gasteiger partial charge on any atom is 0.410 e. The number of carbonyl (C=O) groups excluding carboxylic acids is 1. The van der Waals surface area contributed by atoms with Crippen LogP contribution in [0.1, 0.15) is 50.3 Å². The summed E-state index contributed by atoms with van der Waals surface area (Å²) in [4.78, 5) is 29.1. The number of amides is 2. The highest BCUT2D eigenvalue weighted by Crippen LogP contribution is 2.65. The van der Waals surface area contributed by atoms with E-state index < -0.39 is 17.2 Å². The lowest BCUT2D eigenvalue weighted by atomic mass is 9.64. The molecule has 1 spiro atoms. The van der Waals surface area contributed by atoms with Crippen molar-refractivity contribution in [2.24, 2.45) is 11.3 Å². The lowest BCUT2D eigenvalue weighted by molar-refractivity contribution is 0.0234. The summed E-state index contributed by atoms with van der Waals surface area (Å²) >= 11 is 0. The summed E-state index contributed by atoms with van der Waals surface area (Å²) in [5, 5.41) is 10.4. The molecule has 2 aromatic rings. The summed E-state index contributed by atoms with van der Waals surface area (Å²) < 4.78 is 19.7. The molecule has 7 heteroatoms. The van der Waals surface area contributed by atoms with Gasteiger partial charge in [0.05, 0.1) is 0 Å². The van der Waals surface area contributed by atoms with Crippen molar-refractivity contribution in [3.63, 3.8) is 0 Å². The number of hydrogen-bond acceptors (Lipinski definition) is 3. The third-order valence-corrected chi connectivity index (χ3v) is 7.67. The molecule has 2 heterocycles. The number of benzene rings is 2. The van der Waals surface area contributed by atoms with Gasteiger partial charge in [-0.1, -0.05) is 36.4 Å². The van der Waals surface area contributed by atoms with Crippen molar-refractivity contribution in [2.75, 3.05) is 19.6 Å². The zero-order valence-corrected chi connectivity index (χ0v) is 19.9. The molecule has 6 nitrogen and oxygen atoms in total. The van der Waals surface area contributed by atoms with Crippen LogP contribution in [-0.4, -0.2) is 52.3 Å². The normalized spacial score (nSPS) is 25.2. The number of halogens is 1. The Bertz CT molecular complexity index is 1120. The van der Waals surface area contributed by atoms with Gasteiger partial charge in [-0.15, -0.1) is 0 Å². The van der Waals surface area contributed by atoms with Gasteiger partial charge in [0.1, 0.15) is 17.0 Å². The molecule has 5 rings (SSSR count). The lowest BCUT2D eigenvalue weighted by Crippen LogP contribution is -2.59. The maximum atomic E-state index is 14.0. The van der Waals surface area contributed by atoms with Gasteiger partial charge >= 0.3 is 12.2 Å². The van der Waals surface area contributed by atoms with Crippen molar-refractivity contribution in [1.82, 2.24) is 9.80 Å². The second-order valence-corrected chi connectivity index (χ2v) is 10.9. The van der Waals surface area contributed by atoms with Crippen LogP contribution >= 0.6 is 0 Å². The first-order chi connectivity index (χ1) is 16.1. The lowest BCUT2D eigenvalue weighted by Gasteiger charge is -2.52. The van der Waals surface area contributed by atoms with Crippen LogP contribution in [0.2, 0.25) is 0 Å². The molecule has 2 fully saturated rings. The van der Waals surface area contributed by atoms with Crippen molar-refractivity contribution in [2.45, 2.75) is 51.2 Å². The maximum absolute atomic E-state index is 14.0. The van der Waals surface area contributed by atoms with Gasteiger partial charge in [-0.2, -0.15) is 0 Å². The van der Waals surface area contributed by atoms with Crippen molar-refractivity contribution in [1.29, 1.82) is 0 Å². The van der Waals surface area contributed by atoms with Crippen LogP contribution < -0.4 is 0 Å². The van der Waals surface area contributed by atoms with E-state index in [0.717, 1.165) is 29.5 Å². The molecule has 0 radical (unpaired) electrons. The smallest absolute Gasteiger partial charge is 0.410 e. The van der Waals surface area contributed by atoms with Gasteiger partial charge < -0.3 is 14.7 Å². The van der Waals surface area contributed by atoms with E-state index in [1.165, 1.54) is 17.0 Å². The molecule has 1 unspecified atom stereocenters. The van der Waals surface area contributed by atoms with Crippen LogP contribution in [0.4, 0.5) is 14.0 Å². The second-order valence-electron chi connectivity index (χ2n) is 10.9. The third-order valence-electron chi connectivity index (χ3n) is 7.67. The zero-order chi connectivity index (χ0) is 24.3. The predicted octanol–water partition coefficient (Wildman–Crippen LogP) is 5.25. The van der Waals surface area contributed by atoms with E-state index in [-0.39, 0.29) is 23.2 Å². The minimum absolute atomic E-state index is 0.185. The summed E-state index contributed by atoms with van der Waals surface area (Å²) in [6.45, 7) is 6.77. The molecule has 34 heavy (non-hydrogen) atoms. The average molecular weight is 467 g/mol. The minimum Gasteiger partial charge on any atom is -0.465 e. The second kappa shape index (κ2) is 7.72. The van der Waals surface area contributed by atoms with Gasteiger partial charge in [-0.25, -0.2) is 14.0 Å². The number of hydrogen-bond donors (Lipinski definition) is 1. The van der Waals surface area contributed by atoms with Gasteiger partial charge in [0.15, 0.2) is 0 Å². The Kier molecular flexibility index (Phi) is 5.15. The van der Waals surface area contributed by atoms with Crippen LogP contribution in [0.3, 0.4) is 0 Å². The molecule has 2 aromatic carbocycles. The monoisotopic (exact) mass is 466 g/mol. The fraction of sp³-hybridized carbons (Fsp3) is 0.481. The standard InChI is InChI=1S/C27H31FN2O4/c1-25(2,3)34-24(33)29-16-22(26(17-29)13-14-26)27(19-8-10-20(28)11-9-19)21-7-5-4-6-18(21)12-15-30(27)23(31)32/h4-11,22H,12-17H2,1-3H3,(H,31,32)/t22?,27-/m0/s1. The molecule has 0 bridgehead atoms. The van der Waals surface area contributed by atoms with Crippen molar-refractivity contribution in [3.05, 3.63) is 71.0 Å². The third kappa shape index (κ3) is 3.53. The Morgan fingerprint density at radius 1 is 1.09 bits per heavy atom. The highest BCUT2D eigenvalue weighted by Gasteiger charge is 2.66. The molecule has 1 saturated carbocycles. The number of nitrogens with zero attached hydrogens (tertiary/aromatic N) is 2. The zero-order valence-electron chi connectivity index (χ0n) is 19.9. The van der Waals surface area contributed by atoms with Gasteiger partial charge in [0.2, 0.25) is 0 Å². The SMILES string of the molecule is CC(C)(C)OC(=O)N1CC([C@]2(c3ccc(F)cc3)c3ccccc3CCN2C(=O)O)C2(CC2)C1. The first kappa shape index (κ1) is 22.7. The molecular weight excluding hydrogens is 435 g/mol. The van der Waals surface area contributed by atoms with Gasteiger partial charge in [-0.3, -0.25) is 4.90 Å². The molecule has 2 aliphatic heterocycles. The van der Waals surface area contributed by atoms with Gasteiger partial charge in [0, 0.05) is 25.6 Å². The Morgan fingerprint density at radius 2 is 1.76 bits per heavy atom. The van der Waals surface area contributed by atoms with Crippen LogP contribution in [0, 0.1) is 17.2 Å². The molecule has 2 amide bonds. The van der Waals surface area contributed by atoms with Crippen molar-refractivity contribution >= 4 is 12.2 Å². The topological polar surface area (TPSA) is 70.1 Å². The summed E-state index contributed by atoms with van der Waals surface area (Å²) in [6, 6.07) is 14.2. The molecule has 1 aliphatic carbocycles. The average Bonchev–Trinajstić information content (AvgIpc) is 3.44. The fourth-order valence-electron chi connectivity index (χ4n) is 6.18. The summed E-state index contributed by atoms with van der Waals surface area (Å²) in [7, 11) is 0. The summed E-state index contributed by atoms with van der Waals surface area (Å²) in [5.74, 6) is -0.552. The Morgan fingerprint density at radius 3 is 2.38 bits per heavy atom. The number of fused-ring (bicyclic) bond motifs is 1. The van der Waals surface area contributed by atoms with E-state index in [4.69, 9.17) is 4.74 Å². The molecular formula is C27H31FN2O4. The largest absolute Gasteiger partial charge is 0.465 e. The van der Waals surface area contributed by atoms with Crippen LogP contribution in [-0.2, 0) is 16.7 Å². The summed E-state index contributed by atoms with van der Waals surface area (Å²) in [5.41, 5.74) is 0.912. The Hall–Kier alpha value is -3.09. The fourth-order valence-corrected chi connectivity index (χ4v) is 6.18. The van der Waals surface area contributed by atoms with Crippen LogP contribution in [0.15, 0.2) is 48.5 Å². The highest BCUT2D eigenvalue weighted by atomic mass is 19.1. The van der Waals surface area contributed by atoms with Crippen LogP contribution in [0.25, 0.3) is 0 Å². The molecule has 3 aliphatic rings. The van der Waals surface area contributed by atoms with E-state index in [9.17, 15) is 19.1 Å². The number of carboxylic acid groups (broad SMARTS) is 1. The van der Waals surface area contributed by atoms with E-state index in [1.807, 2.05) is 45.0 Å². The predicted molar refractivity (Wildman–Crippen MR) is 125 cm³/mol. The van der Waals surface area contributed by atoms with Crippen molar-refractivity contribution < 1.29 is 23.8 Å². The first-order valence-electron chi connectivity index (χ1n) is 11.9. The van der Waals surface area contributed by atoms with Gasteiger partial charge in [0.25, 0.3) is 0 Å². The summed E-state index contributed by atoms with van der Waals surface area (Å²) in [6.07, 6.45) is 1.05. The number of carbonyl (C=O) groups is 2. The minimum atomic E-state index is -1.03. The molecule has 180 valence electrons. The molecule has 1 N–H and O–H groups in total. The molecule has 0 aromatic heterocycles. The van der Waals surface area contributed by atoms with E-state index in [2.05, 4.69) is 0 Å². The molecule has 2 atom stereocenters. The van der Waals surface area contributed by atoms with E-state index >= 15 is 0 Å². The Labute approximate surface area is 199 Å². The Balaban J connectivity index is 1.70. The van der Waals surface area contributed by atoms with E-state index in [1.54, 1.807) is 17.0 Å². The number of ether oxygens (including phenoxy) is 1. The first-order valence-corrected chi connectivity index (χ1v) is 11.9. The quantitative estimate of drug-likeness (QED) is 0.656. The highest BCUT2D eigenvalue weighted by molar-refractivity contribution is 5.71. The van der Waals surface area contributed by atoms with E-state index in [0.29, 0.717) is 26.1 Å². The van der Waals surface area contributed by atoms with Crippen molar-refractivity contribution in [3.8, 4) is 0 Å².